The maximum absolute atomic E-state index is 12.3. The van der Waals surface area contributed by atoms with Gasteiger partial charge in [0.15, 0.2) is 11.6 Å². The predicted octanol–water partition coefficient (Wildman–Crippen LogP) is 2.27. The number of carbonyl (C=O) groups is 2. The van der Waals surface area contributed by atoms with E-state index < -0.39 is 0 Å². The van der Waals surface area contributed by atoms with Crippen molar-refractivity contribution in [1.29, 1.82) is 0 Å². The molecule has 1 aliphatic heterocycles. The lowest BCUT2D eigenvalue weighted by atomic mass is 10.1. The minimum absolute atomic E-state index is 0.0517. The summed E-state index contributed by atoms with van der Waals surface area (Å²) in [5.41, 5.74) is 1.60. The van der Waals surface area contributed by atoms with E-state index in [2.05, 4.69) is 5.32 Å². The molecule has 1 aromatic carbocycles. The summed E-state index contributed by atoms with van der Waals surface area (Å²) < 4.78 is 0. The molecule has 2 aliphatic rings. The lowest BCUT2D eigenvalue weighted by molar-refractivity contribution is -0.114. The molecule has 1 aliphatic carbocycles. The van der Waals surface area contributed by atoms with Crippen molar-refractivity contribution in [3.63, 3.8) is 0 Å². The Hall–Kier alpha value is -1.81. The average molecular weight is 257 g/mol. The van der Waals surface area contributed by atoms with Crippen LogP contribution in [0.1, 0.15) is 16.8 Å². The number of Topliss-reactive ketones (excluding diaryl/α,β-unsaturated/α-hetero) is 1. The van der Waals surface area contributed by atoms with E-state index in [0.29, 0.717) is 12.0 Å². The molecule has 0 saturated heterocycles. The van der Waals surface area contributed by atoms with Gasteiger partial charge in [0.05, 0.1) is 0 Å². The standard InChI is InChI=1S/C14H11NO2S/c16-10-6-7-11-12(8-10)18-14(15-11)13(17)9-4-2-1-3-5-9/h1-7,14-15H,8H2. The van der Waals surface area contributed by atoms with Crippen molar-refractivity contribution in [2.24, 2.45) is 0 Å². The van der Waals surface area contributed by atoms with Gasteiger partial charge in [0.25, 0.3) is 0 Å². The van der Waals surface area contributed by atoms with Crippen molar-refractivity contribution in [2.75, 3.05) is 0 Å². The Bertz CT molecular complexity index is 575. The maximum Gasteiger partial charge on any atom is 0.195 e. The number of hydrogen-bond acceptors (Lipinski definition) is 4. The van der Waals surface area contributed by atoms with Crippen molar-refractivity contribution < 1.29 is 9.59 Å². The van der Waals surface area contributed by atoms with Crippen LogP contribution in [0, 0.1) is 0 Å². The molecule has 1 aromatic rings. The second-order valence-electron chi connectivity index (χ2n) is 4.19. The highest BCUT2D eigenvalue weighted by atomic mass is 32.2. The van der Waals surface area contributed by atoms with E-state index >= 15 is 0 Å². The third-order valence-corrected chi connectivity index (χ3v) is 4.13. The fourth-order valence-electron chi connectivity index (χ4n) is 2.00. The average Bonchev–Trinajstić information content (AvgIpc) is 2.81. The molecule has 0 radical (unpaired) electrons. The monoisotopic (exact) mass is 257 g/mol. The predicted molar refractivity (Wildman–Crippen MR) is 71.1 cm³/mol. The molecule has 1 heterocycles. The van der Waals surface area contributed by atoms with E-state index in [-0.39, 0.29) is 16.9 Å². The van der Waals surface area contributed by atoms with Crippen molar-refractivity contribution >= 4 is 23.3 Å². The van der Waals surface area contributed by atoms with Gasteiger partial charge in [0.1, 0.15) is 5.37 Å². The minimum atomic E-state index is -0.312. The zero-order valence-corrected chi connectivity index (χ0v) is 10.4. The SMILES string of the molecule is O=C1C=CC2=C(C1)SC(C(=O)c1ccccc1)N2. The van der Waals surface area contributed by atoms with Crippen LogP contribution in [0.4, 0.5) is 0 Å². The van der Waals surface area contributed by atoms with Crippen LogP contribution in [0.3, 0.4) is 0 Å². The molecule has 0 fully saturated rings. The van der Waals surface area contributed by atoms with Gasteiger partial charge in [-0.25, -0.2) is 0 Å². The normalized spacial score (nSPS) is 21.8. The number of benzene rings is 1. The van der Waals surface area contributed by atoms with Crippen LogP contribution in [0.15, 0.2) is 53.1 Å². The summed E-state index contributed by atoms with van der Waals surface area (Å²) in [5.74, 6) is 0.145. The first-order valence-corrected chi connectivity index (χ1v) is 6.58. The van der Waals surface area contributed by atoms with E-state index in [9.17, 15) is 9.59 Å². The highest BCUT2D eigenvalue weighted by molar-refractivity contribution is 8.04. The first-order chi connectivity index (χ1) is 8.74. The number of ketones is 2. The lowest BCUT2D eigenvalue weighted by Gasteiger charge is -2.10. The fourth-order valence-corrected chi connectivity index (χ4v) is 3.19. The molecule has 0 bridgehead atoms. The summed E-state index contributed by atoms with van der Waals surface area (Å²) in [7, 11) is 0. The smallest absolute Gasteiger partial charge is 0.195 e. The van der Waals surface area contributed by atoms with Crippen LogP contribution in [0.5, 0.6) is 0 Å². The number of nitrogens with one attached hydrogen (secondary N) is 1. The zero-order valence-electron chi connectivity index (χ0n) is 9.55. The van der Waals surface area contributed by atoms with Gasteiger partial charge in [-0.3, -0.25) is 9.59 Å². The van der Waals surface area contributed by atoms with Gasteiger partial charge in [0, 0.05) is 22.6 Å². The Balaban J connectivity index is 1.77. The number of hydrogen-bond donors (Lipinski definition) is 1. The Labute approximate surface area is 109 Å². The van der Waals surface area contributed by atoms with E-state index in [1.807, 2.05) is 30.3 Å². The van der Waals surface area contributed by atoms with E-state index in [4.69, 9.17) is 0 Å². The van der Waals surface area contributed by atoms with Crippen molar-refractivity contribution in [3.05, 3.63) is 58.6 Å². The van der Waals surface area contributed by atoms with Crippen LogP contribution in [0.25, 0.3) is 0 Å². The summed E-state index contributed by atoms with van der Waals surface area (Å²) in [4.78, 5) is 24.5. The van der Waals surface area contributed by atoms with Gasteiger partial charge in [-0.05, 0) is 12.2 Å². The van der Waals surface area contributed by atoms with Crippen LogP contribution >= 0.6 is 11.8 Å². The topological polar surface area (TPSA) is 46.2 Å². The summed E-state index contributed by atoms with van der Waals surface area (Å²) in [6.45, 7) is 0. The molecular formula is C14H11NO2S. The molecule has 1 N–H and O–H groups in total. The fraction of sp³-hybridized carbons (Fsp3) is 0.143. The third kappa shape index (κ3) is 1.99. The van der Waals surface area contributed by atoms with Gasteiger partial charge in [0.2, 0.25) is 0 Å². The zero-order chi connectivity index (χ0) is 12.5. The summed E-state index contributed by atoms with van der Waals surface area (Å²) in [5, 5.41) is 2.85. The van der Waals surface area contributed by atoms with Crippen LogP contribution in [-0.2, 0) is 4.79 Å². The first-order valence-electron chi connectivity index (χ1n) is 5.70. The lowest BCUT2D eigenvalue weighted by Crippen LogP contribution is -2.29. The highest BCUT2D eigenvalue weighted by Crippen LogP contribution is 2.36. The summed E-state index contributed by atoms with van der Waals surface area (Å²) in [6, 6.07) is 9.20. The number of thioether (sulfide) groups is 1. The molecule has 90 valence electrons. The second-order valence-corrected chi connectivity index (χ2v) is 5.39. The molecule has 0 aromatic heterocycles. The summed E-state index contributed by atoms with van der Waals surface area (Å²) in [6.07, 6.45) is 3.72. The molecule has 18 heavy (non-hydrogen) atoms. The largest absolute Gasteiger partial charge is 0.366 e. The van der Waals surface area contributed by atoms with Gasteiger partial charge in [-0.1, -0.05) is 42.1 Å². The quantitative estimate of drug-likeness (QED) is 0.826. The summed E-state index contributed by atoms with van der Waals surface area (Å²) >= 11 is 1.45. The Morgan fingerprint density at radius 1 is 1.22 bits per heavy atom. The molecule has 1 unspecified atom stereocenters. The molecule has 0 saturated carbocycles. The van der Waals surface area contributed by atoms with E-state index in [1.54, 1.807) is 12.2 Å². The van der Waals surface area contributed by atoms with Gasteiger partial charge in [-0.2, -0.15) is 0 Å². The van der Waals surface area contributed by atoms with Crippen LogP contribution in [-0.4, -0.2) is 16.9 Å². The van der Waals surface area contributed by atoms with Crippen molar-refractivity contribution in [1.82, 2.24) is 5.32 Å². The van der Waals surface area contributed by atoms with Crippen molar-refractivity contribution in [2.45, 2.75) is 11.8 Å². The number of allylic oxidation sites excluding steroid dienone is 3. The van der Waals surface area contributed by atoms with Gasteiger partial charge in [-0.15, -0.1) is 0 Å². The second kappa shape index (κ2) is 4.46. The Kier molecular flexibility index (Phi) is 2.80. The Morgan fingerprint density at radius 3 is 2.78 bits per heavy atom. The number of carbonyl (C=O) groups excluding carboxylic acids is 2. The Morgan fingerprint density at radius 2 is 2.00 bits per heavy atom. The van der Waals surface area contributed by atoms with Crippen LogP contribution < -0.4 is 5.32 Å². The minimum Gasteiger partial charge on any atom is -0.366 e. The molecule has 3 nitrogen and oxygen atoms in total. The molecule has 4 heteroatoms. The highest BCUT2D eigenvalue weighted by Gasteiger charge is 2.31. The first kappa shape index (κ1) is 11.3. The van der Waals surface area contributed by atoms with Gasteiger partial charge >= 0.3 is 0 Å². The molecule has 1 atom stereocenters. The maximum atomic E-state index is 12.3. The molecule has 3 rings (SSSR count). The van der Waals surface area contributed by atoms with Crippen molar-refractivity contribution in [3.8, 4) is 0 Å². The third-order valence-electron chi connectivity index (χ3n) is 2.91. The molecule has 0 amide bonds. The molecule has 0 spiro atoms. The van der Waals surface area contributed by atoms with E-state index in [0.717, 1.165) is 10.6 Å². The van der Waals surface area contributed by atoms with E-state index in [1.165, 1.54) is 11.8 Å². The number of rotatable bonds is 2. The van der Waals surface area contributed by atoms with Crippen LogP contribution in [0.2, 0.25) is 0 Å². The van der Waals surface area contributed by atoms with Gasteiger partial charge < -0.3 is 5.32 Å². The molecular weight excluding hydrogens is 246 g/mol.